The van der Waals surface area contributed by atoms with E-state index in [-0.39, 0.29) is 29.6 Å². The van der Waals surface area contributed by atoms with Crippen LogP contribution in [-0.2, 0) is 17.8 Å². The first-order valence-corrected chi connectivity index (χ1v) is 13.1. The van der Waals surface area contributed by atoms with Crippen molar-refractivity contribution in [2.45, 2.75) is 26.8 Å². The van der Waals surface area contributed by atoms with E-state index in [4.69, 9.17) is 9.47 Å². The topological polar surface area (TPSA) is 102 Å². The molecule has 0 saturated carbocycles. The van der Waals surface area contributed by atoms with Crippen LogP contribution < -0.4 is 9.47 Å². The molecule has 2 aromatic carbocycles. The van der Waals surface area contributed by atoms with Crippen molar-refractivity contribution in [2.75, 3.05) is 33.9 Å². The van der Waals surface area contributed by atoms with E-state index in [1.54, 1.807) is 30.5 Å². The number of hydrogen-bond acceptors (Lipinski definition) is 7. The molecule has 3 aromatic rings. The zero-order valence-electron chi connectivity index (χ0n) is 22.1. The molecule has 0 aliphatic rings. The first kappa shape index (κ1) is 28.6. The van der Waals surface area contributed by atoms with Gasteiger partial charge in [0.15, 0.2) is 11.5 Å². The SMILES string of the molecule is COc1ccc(CCN(Cc2cccs2)C(=O)CN(CC(C)C)C(=O)c2cccc([N+](=O)[O-])c2)cc1OC. The van der Waals surface area contributed by atoms with Gasteiger partial charge in [-0.25, -0.2) is 0 Å². The van der Waals surface area contributed by atoms with Gasteiger partial charge in [-0.1, -0.05) is 32.0 Å². The van der Waals surface area contributed by atoms with Crippen molar-refractivity contribution in [3.8, 4) is 11.5 Å². The number of amides is 2. The third kappa shape index (κ3) is 7.79. The maximum absolute atomic E-state index is 13.6. The van der Waals surface area contributed by atoms with Crippen molar-refractivity contribution < 1.29 is 24.0 Å². The highest BCUT2D eigenvalue weighted by Gasteiger charge is 2.24. The average molecular weight is 540 g/mol. The first-order chi connectivity index (χ1) is 18.2. The van der Waals surface area contributed by atoms with Crippen LogP contribution in [0.5, 0.6) is 11.5 Å². The second kappa shape index (κ2) is 13.6. The molecule has 0 bridgehead atoms. The Labute approximate surface area is 226 Å². The second-order valence-corrected chi connectivity index (χ2v) is 10.3. The Kier molecular flexibility index (Phi) is 10.2. The fourth-order valence-corrected chi connectivity index (χ4v) is 4.76. The minimum absolute atomic E-state index is 0.1000. The number of methoxy groups -OCH3 is 2. The summed E-state index contributed by atoms with van der Waals surface area (Å²) < 4.78 is 10.7. The standard InChI is InChI=1S/C28H33N3O6S/c1-20(2)17-30(28(33)22-7-5-8-23(16-22)31(34)35)19-27(32)29(18-24-9-6-14-38-24)13-12-21-10-11-25(36-3)26(15-21)37-4/h5-11,14-16,20H,12-13,17-19H2,1-4H3. The number of thiophene rings is 1. The van der Waals surface area contributed by atoms with Gasteiger partial charge in [-0.05, 0) is 47.5 Å². The molecule has 0 atom stereocenters. The molecule has 0 aliphatic heterocycles. The van der Waals surface area contributed by atoms with E-state index in [2.05, 4.69) is 0 Å². The summed E-state index contributed by atoms with van der Waals surface area (Å²) in [5.41, 5.74) is 1.00. The zero-order chi connectivity index (χ0) is 27.7. The molecule has 10 heteroatoms. The van der Waals surface area contributed by atoms with Gasteiger partial charge in [0.25, 0.3) is 11.6 Å². The molecule has 2 amide bonds. The second-order valence-electron chi connectivity index (χ2n) is 9.22. The summed E-state index contributed by atoms with van der Waals surface area (Å²) in [6.07, 6.45) is 0.584. The highest BCUT2D eigenvalue weighted by molar-refractivity contribution is 7.09. The maximum Gasteiger partial charge on any atom is 0.270 e. The van der Waals surface area contributed by atoms with E-state index < -0.39 is 10.8 Å². The lowest BCUT2D eigenvalue weighted by Crippen LogP contribution is -2.44. The summed E-state index contributed by atoms with van der Waals surface area (Å²) in [7, 11) is 3.16. The van der Waals surface area contributed by atoms with Crippen LogP contribution in [-0.4, -0.2) is 60.4 Å². The predicted octanol–water partition coefficient (Wildman–Crippen LogP) is 5.04. The van der Waals surface area contributed by atoms with Crippen LogP contribution in [0, 0.1) is 16.0 Å². The molecule has 0 N–H and O–H groups in total. The monoisotopic (exact) mass is 539 g/mol. The minimum Gasteiger partial charge on any atom is -0.493 e. The highest BCUT2D eigenvalue weighted by Crippen LogP contribution is 2.28. The number of rotatable bonds is 13. The van der Waals surface area contributed by atoms with Crippen molar-refractivity contribution in [1.82, 2.24) is 9.80 Å². The number of nitro groups is 1. The van der Waals surface area contributed by atoms with Gasteiger partial charge in [0.05, 0.1) is 25.7 Å². The predicted molar refractivity (Wildman–Crippen MR) is 147 cm³/mol. The number of benzene rings is 2. The van der Waals surface area contributed by atoms with Gasteiger partial charge in [-0.15, -0.1) is 11.3 Å². The fraction of sp³-hybridized carbons (Fsp3) is 0.357. The van der Waals surface area contributed by atoms with Crippen LogP contribution in [0.2, 0.25) is 0 Å². The van der Waals surface area contributed by atoms with Gasteiger partial charge in [-0.2, -0.15) is 0 Å². The molecular weight excluding hydrogens is 506 g/mol. The van der Waals surface area contributed by atoms with Crippen LogP contribution in [0.1, 0.15) is 34.6 Å². The Balaban J connectivity index is 1.80. The van der Waals surface area contributed by atoms with Crippen molar-refractivity contribution >= 4 is 28.8 Å². The van der Waals surface area contributed by atoms with Crippen LogP contribution in [0.4, 0.5) is 5.69 Å². The number of nitro benzene ring substituents is 1. The van der Waals surface area contributed by atoms with Crippen LogP contribution in [0.25, 0.3) is 0 Å². The Morgan fingerprint density at radius 1 is 1.00 bits per heavy atom. The molecule has 1 heterocycles. The molecule has 0 radical (unpaired) electrons. The van der Waals surface area contributed by atoms with Gasteiger partial charge >= 0.3 is 0 Å². The van der Waals surface area contributed by atoms with Crippen LogP contribution in [0.3, 0.4) is 0 Å². The number of carbonyl (C=O) groups is 2. The minimum atomic E-state index is -0.536. The molecule has 0 saturated heterocycles. The number of hydrogen-bond donors (Lipinski definition) is 0. The number of non-ortho nitro benzene ring substituents is 1. The van der Waals surface area contributed by atoms with Gasteiger partial charge in [0.1, 0.15) is 6.54 Å². The van der Waals surface area contributed by atoms with E-state index in [0.717, 1.165) is 10.4 Å². The number of ether oxygens (including phenoxy) is 2. The molecule has 202 valence electrons. The lowest BCUT2D eigenvalue weighted by Gasteiger charge is -2.29. The van der Waals surface area contributed by atoms with E-state index in [9.17, 15) is 19.7 Å². The molecule has 3 rings (SSSR count). The quantitative estimate of drug-likeness (QED) is 0.223. The summed E-state index contributed by atoms with van der Waals surface area (Å²) in [4.78, 5) is 41.9. The first-order valence-electron chi connectivity index (χ1n) is 12.3. The maximum atomic E-state index is 13.6. The molecule has 9 nitrogen and oxygen atoms in total. The molecular formula is C28H33N3O6S. The smallest absolute Gasteiger partial charge is 0.270 e. The molecule has 1 aromatic heterocycles. The Hall–Kier alpha value is -3.92. The van der Waals surface area contributed by atoms with Crippen molar-refractivity contribution in [2.24, 2.45) is 5.92 Å². The largest absolute Gasteiger partial charge is 0.493 e. The Bertz CT molecular complexity index is 1250. The Morgan fingerprint density at radius 2 is 1.76 bits per heavy atom. The summed E-state index contributed by atoms with van der Waals surface area (Å²) in [6.45, 7) is 4.99. The Morgan fingerprint density at radius 3 is 2.39 bits per heavy atom. The van der Waals surface area contributed by atoms with Crippen LogP contribution in [0.15, 0.2) is 60.0 Å². The van der Waals surface area contributed by atoms with E-state index >= 15 is 0 Å². The summed E-state index contributed by atoms with van der Waals surface area (Å²) in [5, 5.41) is 13.2. The average Bonchev–Trinajstić information content (AvgIpc) is 3.43. The van der Waals surface area contributed by atoms with E-state index in [0.29, 0.717) is 37.6 Å². The zero-order valence-corrected chi connectivity index (χ0v) is 22.9. The van der Waals surface area contributed by atoms with Gasteiger partial charge in [-0.3, -0.25) is 19.7 Å². The van der Waals surface area contributed by atoms with E-state index in [1.165, 1.54) is 29.2 Å². The van der Waals surface area contributed by atoms with Crippen molar-refractivity contribution in [3.05, 3.63) is 86.1 Å². The van der Waals surface area contributed by atoms with Gasteiger partial charge < -0.3 is 19.3 Å². The lowest BCUT2D eigenvalue weighted by atomic mass is 10.1. The van der Waals surface area contributed by atoms with Crippen molar-refractivity contribution in [3.63, 3.8) is 0 Å². The highest BCUT2D eigenvalue weighted by atomic mass is 32.1. The third-order valence-corrected chi connectivity index (χ3v) is 6.76. The molecule has 38 heavy (non-hydrogen) atoms. The molecule has 0 unspecified atom stereocenters. The van der Waals surface area contributed by atoms with Gasteiger partial charge in [0, 0.05) is 35.7 Å². The normalized spacial score (nSPS) is 10.8. The summed E-state index contributed by atoms with van der Waals surface area (Å²) in [6, 6.07) is 15.2. The number of nitrogens with zero attached hydrogens (tertiary/aromatic N) is 3. The van der Waals surface area contributed by atoms with E-state index in [1.807, 2.05) is 49.6 Å². The molecule has 0 aliphatic carbocycles. The fourth-order valence-electron chi connectivity index (χ4n) is 4.04. The van der Waals surface area contributed by atoms with Crippen LogP contribution >= 0.6 is 11.3 Å². The number of carbonyl (C=O) groups excluding carboxylic acids is 2. The summed E-state index contributed by atoms with van der Waals surface area (Å²) in [5.74, 6) is 0.742. The molecule has 0 spiro atoms. The molecule has 0 fully saturated rings. The van der Waals surface area contributed by atoms with Gasteiger partial charge in [0.2, 0.25) is 5.91 Å². The third-order valence-electron chi connectivity index (χ3n) is 5.90. The summed E-state index contributed by atoms with van der Waals surface area (Å²) >= 11 is 1.56. The van der Waals surface area contributed by atoms with Crippen molar-refractivity contribution in [1.29, 1.82) is 0 Å². The lowest BCUT2D eigenvalue weighted by molar-refractivity contribution is -0.384.